The van der Waals surface area contributed by atoms with Crippen LogP contribution in [0.25, 0.3) is 0 Å². The highest BCUT2D eigenvalue weighted by Crippen LogP contribution is 2.22. The molecule has 1 aromatic carbocycles. The van der Waals surface area contributed by atoms with E-state index in [1.807, 2.05) is 6.07 Å². The first kappa shape index (κ1) is 13.6. The standard InChI is InChI=1S/C15H19NO3/c1-10(7-14(17)18)15(19)16-9-11-5-6-12-3-2-4-13(12)8-11/h5-6,8,10H,2-4,7,9H2,1H3,(H,16,19)(H,17,18). The zero-order valence-corrected chi connectivity index (χ0v) is 11.1. The maximum Gasteiger partial charge on any atom is 0.304 e. The summed E-state index contributed by atoms with van der Waals surface area (Å²) >= 11 is 0. The Balaban J connectivity index is 1.88. The number of hydrogen-bond donors (Lipinski definition) is 2. The number of nitrogens with one attached hydrogen (secondary N) is 1. The van der Waals surface area contributed by atoms with Crippen molar-refractivity contribution >= 4 is 11.9 Å². The summed E-state index contributed by atoms with van der Waals surface area (Å²) in [6.45, 7) is 2.10. The monoisotopic (exact) mass is 261 g/mol. The van der Waals surface area contributed by atoms with E-state index in [4.69, 9.17) is 5.11 Å². The van der Waals surface area contributed by atoms with Crippen molar-refractivity contribution in [3.05, 3.63) is 34.9 Å². The molecule has 0 fully saturated rings. The fraction of sp³-hybridized carbons (Fsp3) is 0.467. The average molecular weight is 261 g/mol. The summed E-state index contributed by atoms with van der Waals surface area (Å²) in [6.07, 6.45) is 3.35. The van der Waals surface area contributed by atoms with E-state index in [9.17, 15) is 9.59 Å². The third-order valence-corrected chi connectivity index (χ3v) is 3.56. The van der Waals surface area contributed by atoms with Crippen molar-refractivity contribution in [2.24, 2.45) is 5.92 Å². The Kier molecular flexibility index (Phi) is 4.20. The molecule has 0 aromatic heterocycles. The Morgan fingerprint density at radius 2 is 2.05 bits per heavy atom. The molecule has 2 rings (SSSR count). The number of benzene rings is 1. The molecule has 1 unspecified atom stereocenters. The van der Waals surface area contributed by atoms with Gasteiger partial charge in [0, 0.05) is 12.5 Å². The minimum Gasteiger partial charge on any atom is -0.481 e. The molecule has 1 aliphatic carbocycles. The molecule has 1 atom stereocenters. The Bertz CT molecular complexity index is 496. The van der Waals surface area contributed by atoms with E-state index in [2.05, 4.69) is 17.4 Å². The van der Waals surface area contributed by atoms with Gasteiger partial charge in [0.25, 0.3) is 0 Å². The van der Waals surface area contributed by atoms with Crippen LogP contribution in [0.5, 0.6) is 0 Å². The van der Waals surface area contributed by atoms with Crippen molar-refractivity contribution in [3.63, 3.8) is 0 Å². The molecule has 4 heteroatoms. The molecule has 19 heavy (non-hydrogen) atoms. The third-order valence-electron chi connectivity index (χ3n) is 3.56. The highest BCUT2D eigenvalue weighted by atomic mass is 16.4. The molecular weight excluding hydrogens is 242 g/mol. The lowest BCUT2D eigenvalue weighted by Crippen LogP contribution is -2.30. The predicted molar refractivity (Wildman–Crippen MR) is 71.7 cm³/mol. The summed E-state index contributed by atoms with van der Waals surface area (Å²) < 4.78 is 0. The predicted octanol–water partition coefficient (Wildman–Crippen LogP) is 1.90. The van der Waals surface area contributed by atoms with Crippen LogP contribution >= 0.6 is 0 Å². The smallest absolute Gasteiger partial charge is 0.304 e. The number of rotatable bonds is 5. The van der Waals surface area contributed by atoms with E-state index in [1.165, 1.54) is 17.5 Å². The maximum absolute atomic E-state index is 11.7. The van der Waals surface area contributed by atoms with Crippen LogP contribution < -0.4 is 5.32 Å². The van der Waals surface area contributed by atoms with Gasteiger partial charge >= 0.3 is 5.97 Å². The molecule has 1 amide bonds. The topological polar surface area (TPSA) is 66.4 Å². The first-order valence-corrected chi connectivity index (χ1v) is 6.66. The van der Waals surface area contributed by atoms with Crippen LogP contribution in [-0.4, -0.2) is 17.0 Å². The molecule has 0 radical (unpaired) electrons. The zero-order valence-electron chi connectivity index (χ0n) is 11.1. The molecule has 4 nitrogen and oxygen atoms in total. The molecule has 0 saturated carbocycles. The van der Waals surface area contributed by atoms with Crippen molar-refractivity contribution in [1.29, 1.82) is 0 Å². The molecule has 1 aromatic rings. The fourth-order valence-electron chi connectivity index (χ4n) is 2.45. The summed E-state index contributed by atoms with van der Waals surface area (Å²) in [5.41, 5.74) is 3.87. The van der Waals surface area contributed by atoms with Crippen molar-refractivity contribution in [2.45, 2.75) is 39.2 Å². The Hall–Kier alpha value is -1.84. The second-order valence-corrected chi connectivity index (χ2v) is 5.17. The summed E-state index contributed by atoms with van der Waals surface area (Å²) in [5.74, 6) is -1.64. The number of carboxylic acids is 1. The molecule has 2 N–H and O–H groups in total. The van der Waals surface area contributed by atoms with Gasteiger partial charge in [0.1, 0.15) is 0 Å². The van der Waals surface area contributed by atoms with Crippen LogP contribution in [0.4, 0.5) is 0 Å². The molecule has 102 valence electrons. The SMILES string of the molecule is CC(CC(=O)O)C(=O)NCc1ccc2c(c1)CCC2. The number of carbonyl (C=O) groups is 2. The molecular formula is C15H19NO3. The molecule has 0 heterocycles. The van der Waals surface area contributed by atoms with E-state index in [0.29, 0.717) is 6.54 Å². The Morgan fingerprint density at radius 1 is 1.32 bits per heavy atom. The van der Waals surface area contributed by atoms with Gasteiger partial charge < -0.3 is 10.4 Å². The molecule has 0 saturated heterocycles. The van der Waals surface area contributed by atoms with E-state index in [-0.39, 0.29) is 12.3 Å². The van der Waals surface area contributed by atoms with Crippen molar-refractivity contribution in [1.82, 2.24) is 5.32 Å². The summed E-state index contributed by atoms with van der Waals surface area (Å²) in [7, 11) is 0. The Labute approximate surface area is 112 Å². The quantitative estimate of drug-likeness (QED) is 0.850. The van der Waals surface area contributed by atoms with Gasteiger partial charge in [0.05, 0.1) is 6.42 Å². The second kappa shape index (κ2) is 5.87. The number of aryl methyl sites for hydroxylation is 2. The lowest BCUT2D eigenvalue weighted by molar-refractivity contribution is -0.140. The van der Waals surface area contributed by atoms with Crippen molar-refractivity contribution in [2.75, 3.05) is 0 Å². The van der Waals surface area contributed by atoms with Gasteiger partial charge in [-0.15, -0.1) is 0 Å². The van der Waals surface area contributed by atoms with E-state index >= 15 is 0 Å². The second-order valence-electron chi connectivity index (χ2n) is 5.17. The van der Waals surface area contributed by atoms with E-state index in [1.54, 1.807) is 6.92 Å². The van der Waals surface area contributed by atoms with Gasteiger partial charge in [-0.1, -0.05) is 25.1 Å². The molecule has 0 bridgehead atoms. The maximum atomic E-state index is 11.7. The summed E-state index contributed by atoms with van der Waals surface area (Å²) in [4.78, 5) is 22.2. The summed E-state index contributed by atoms with van der Waals surface area (Å²) in [6, 6.07) is 6.31. The van der Waals surface area contributed by atoms with Crippen LogP contribution in [-0.2, 0) is 29.0 Å². The van der Waals surface area contributed by atoms with Gasteiger partial charge in [0.2, 0.25) is 5.91 Å². The van der Waals surface area contributed by atoms with Crippen LogP contribution in [0.1, 0.15) is 36.5 Å². The van der Waals surface area contributed by atoms with E-state index < -0.39 is 11.9 Å². The number of amides is 1. The average Bonchev–Trinajstić information content (AvgIpc) is 2.82. The normalized spacial score (nSPS) is 14.8. The van der Waals surface area contributed by atoms with Crippen molar-refractivity contribution in [3.8, 4) is 0 Å². The van der Waals surface area contributed by atoms with Crippen LogP contribution in [0, 0.1) is 5.92 Å². The molecule has 0 spiro atoms. The van der Waals surface area contributed by atoms with Crippen molar-refractivity contribution < 1.29 is 14.7 Å². The van der Waals surface area contributed by atoms with Gasteiger partial charge in [-0.05, 0) is 36.0 Å². The molecule has 0 aliphatic heterocycles. The number of hydrogen-bond acceptors (Lipinski definition) is 2. The number of carbonyl (C=O) groups excluding carboxylic acids is 1. The number of carboxylic acid groups (broad SMARTS) is 1. The summed E-state index contributed by atoms with van der Waals surface area (Å²) in [5, 5.41) is 11.4. The van der Waals surface area contributed by atoms with Crippen LogP contribution in [0.3, 0.4) is 0 Å². The first-order chi connectivity index (χ1) is 9.06. The fourth-order valence-corrected chi connectivity index (χ4v) is 2.45. The first-order valence-electron chi connectivity index (χ1n) is 6.66. The zero-order chi connectivity index (χ0) is 13.8. The van der Waals surface area contributed by atoms with Crippen LogP contribution in [0.15, 0.2) is 18.2 Å². The van der Waals surface area contributed by atoms with Gasteiger partial charge in [0.15, 0.2) is 0 Å². The minimum absolute atomic E-state index is 0.129. The lowest BCUT2D eigenvalue weighted by Gasteiger charge is -2.11. The lowest BCUT2D eigenvalue weighted by atomic mass is 10.1. The number of fused-ring (bicyclic) bond motifs is 1. The minimum atomic E-state index is -0.944. The molecule has 1 aliphatic rings. The highest BCUT2D eigenvalue weighted by Gasteiger charge is 2.16. The largest absolute Gasteiger partial charge is 0.481 e. The Morgan fingerprint density at radius 3 is 2.79 bits per heavy atom. The highest BCUT2D eigenvalue weighted by molar-refractivity contribution is 5.82. The van der Waals surface area contributed by atoms with Gasteiger partial charge in [-0.2, -0.15) is 0 Å². The number of aliphatic carboxylic acids is 1. The van der Waals surface area contributed by atoms with Gasteiger partial charge in [-0.3, -0.25) is 9.59 Å². The third kappa shape index (κ3) is 3.56. The van der Waals surface area contributed by atoms with Gasteiger partial charge in [-0.25, -0.2) is 0 Å². The van der Waals surface area contributed by atoms with Crippen LogP contribution in [0.2, 0.25) is 0 Å². The van der Waals surface area contributed by atoms with E-state index in [0.717, 1.165) is 18.4 Å².